The molecule has 2 N–H and O–H groups in total. The van der Waals surface area contributed by atoms with Gasteiger partial charge in [0.05, 0.1) is 6.04 Å². The van der Waals surface area contributed by atoms with Gasteiger partial charge in [-0.25, -0.2) is 0 Å². The maximum absolute atomic E-state index is 12.3. The molecular weight excluding hydrogens is 288 g/mol. The van der Waals surface area contributed by atoms with Gasteiger partial charge in [0.25, 0.3) is 0 Å². The van der Waals surface area contributed by atoms with Crippen molar-refractivity contribution in [3.05, 3.63) is 78.1 Å². The lowest BCUT2D eigenvalue weighted by atomic mass is 9.95. The number of pyridine rings is 1. The Kier molecular flexibility index (Phi) is 4.26. The van der Waals surface area contributed by atoms with Crippen LogP contribution in [0.1, 0.15) is 15.9 Å². The molecule has 0 radical (unpaired) electrons. The minimum absolute atomic E-state index is 0.269. The molecule has 0 saturated heterocycles. The summed E-state index contributed by atoms with van der Waals surface area (Å²) < 4.78 is 0. The Morgan fingerprint density at radius 2 is 1.78 bits per heavy atom. The van der Waals surface area contributed by atoms with E-state index in [0.29, 0.717) is 6.42 Å². The van der Waals surface area contributed by atoms with Gasteiger partial charge in [0, 0.05) is 18.0 Å². The fraction of sp³-hybridized carbons (Fsp3) is 0.105. The molecule has 0 bridgehead atoms. The molecule has 0 unspecified atom stereocenters. The fourth-order valence-electron chi connectivity index (χ4n) is 2.61. The van der Waals surface area contributed by atoms with Crippen molar-refractivity contribution in [3.8, 4) is 0 Å². The van der Waals surface area contributed by atoms with Gasteiger partial charge in [-0.15, -0.1) is 0 Å². The van der Waals surface area contributed by atoms with Crippen LogP contribution in [0.5, 0.6) is 0 Å². The van der Waals surface area contributed by atoms with Crippen molar-refractivity contribution >= 4 is 22.3 Å². The first-order valence-electron chi connectivity index (χ1n) is 7.37. The van der Waals surface area contributed by atoms with Crippen LogP contribution in [0.25, 0.3) is 10.8 Å². The molecule has 0 spiro atoms. The second-order valence-corrected chi connectivity index (χ2v) is 5.38. The molecule has 0 saturated carbocycles. The Balaban J connectivity index is 1.82. The second kappa shape index (κ2) is 6.50. The lowest BCUT2D eigenvalue weighted by molar-refractivity contribution is -0.116. The van der Waals surface area contributed by atoms with E-state index >= 15 is 0 Å². The highest BCUT2D eigenvalue weighted by molar-refractivity contribution is 6.45. The van der Waals surface area contributed by atoms with Crippen LogP contribution in [-0.2, 0) is 11.2 Å². The van der Waals surface area contributed by atoms with E-state index in [1.165, 1.54) is 6.20 Å². The van der Waals surface area contributed by atoms with Crippen LogP contribution in [0.4, 0.5) is 0 Å². The van der Waals surface area contributed by atoms with E-state index in [9.17, 15) is 9.59 Å². The highest BCUT2D eigenvalue weighted by Gasteiger charge is 2.24. The number of benzene rings is 2. The number of hydrogen-bond acceptors (Lipinski definition) is 4. The molecule has 0 aliphatic rings. The molecule has 1 heterocycles. The summed E-state index contributed by atoms with van der Waals surface area (Å²) in [6, 6.07) is 16.1. The lowest BCUT2D eigenvalue weighted by Crippen LogP contribution is -2.37. The molecule has 3 aromatic rings. The van der Waals surface area contributed by atoms with Gasteiger partial charge in [0.2, 0.25) is 11.6 Å². The maximum atomic E-state index is 12.3. The molecule has 0 aliphatic carbocycles. The first-order chi connectivity index (χ1) is 11.2. The van der Waals surface area contributed by atoms with E-state index in [1.54, 1.807) is 18.3 Å². The summed E-state index contributed by atoms with van der Waals surface area (Å²) in [7, 11) is 0. The zero-order valence-corrected chi connectivity index (χ0v) is 12.5. The van der Waals surface area contributed by atoms with Crippen molar-refractivity contribution in [2.24, 2.45) is 5.73 Å². The lowest BCUT2D eigenvalue weighted by Gasteiger charge is -2.12. The predicted molar refractivity (Wildman–Crippen MR) is 89.2 cm³/mol. The number of carbonyl (C=O) groups excluding carboxylic acids is 2. The van der Waals surface area contributed by atoms with E-state index < -0.39 is 17.6 Å². The zero-order valence-electron chi connectivity index (χ0n) is 12.5. The molecule has 1 atom stereocenters. The Bertz CT molecular complexity index is 854. The molecular formula is C19H16N2O2. The molecule has 1 aromatic heterocycles. The number of carbonyl (C=O) groups is 2. The van der Waals surface area contributed by atoms with Gasteiger partial charge in [-0.1, -0.05) is 42.5 Å². The molecule has 3 rings (SSSR count). The van der Waals surface area contributed by atoms with Gasteiger partial charge in [-0.2, -0.15) is 0 Å². The minimum Gasteiger partial charge on any atom is -0.321 e. The SMILES string of the molecule is N[C@@H](Cc1cccc2ccccc12)C(=O)C(=O)c1cccnc1. The molecule has 0 fully saturated rings. The van der Waals surface area contributed by atoms with E-state index in [-0.39, 0.29) is 5.56 Å². The number of aromatic nitrogens is 1. The molecule has 23 heavy (non-hydrogen) atoms. The van der Waals surface area contributed by atoms with Crippen molar-refractivity contribution in [3.63, 3.8) is 0 Å². The van der Waals surface area contributed by atoms with E-state index in [4.69, 9.17) is 5.73 Å². The van der Waals surface area contributed by atoms with Gasteiger partial charge < -0.3 is 5.73 Å². The van der Waals surface area contributed by atoms with Crippen LogP contribution in [0.2, 0.25) is 0 Å². The van der Waals surface area contributed by atoms with Crippen molar-refractivity contribution in [1.82, 2.24) is 4.98 Å². The van der Waals surface area contributed by atoms with E-state index in [0.717, 1.165) is 16.3 Å². The summed E-state index contributed by atoms with van der Waals surface area (Å²) in [6.07, 6.45) is 3.26. The molecule has 2 aromatic carbocycles. The topological polar surface area (TPSA) is 73.1 Å². The highest BCUT2D eigenvalue weighted by atomic mass is 16.2. The third-order valence-corrected chi connectivity index (χ3v) is 3.80. The van der Waals surface area contributed by atoms with E-state index in [2.05, 4.69) is 4.98 Å². The Morgan fingerprint density at radius 3 is 2.57 bits per heavy atom. The molecule has 0 aliphatic heterocycles. The second-order valence-electron chi connectivity index (χ2n) is 5.38. The summed E-state index contributed by atoms with van der Waals surface area (Å²) >= 11 is 0. The first-order valence-corrected chi connectivity index (χ1v) is 7.37. The molecule has 4 nitrogen and oxygen atoms in total. The Morgan fingerprint density at radius 1 is 1.00 bits per heavy atom. The number of hydrogen-bond donors (Lipinski definition) is 1. The average molecular weight is 304 g/mol. The largest absolute Gasteiger partial charge is 0.321 e. The summed E-state index contributed by atoms with van der Waals surface area (Å²) in [5.74, 6) is -1.18. The monoisotopic (exact) mass is 304 g/mol. The van der Waals surface area contributed by atoms with Crippen molar-refractivity contribution in [2.45, 2.75) is 12.5 Å². The summed E-state index contributed by atoms with van der Waals surface area (Å²) in [5.41, 5.74) is 7.22. The molecule has 0 amide bonds. The zero-order chi connectivity index (χ0) is 16.2. The average Bonchev–Trinajstić information content (AvgIpc) is 2.61. The van der Waals surface area contributed by atoms with Crippen LogP contribution >= 0.6 is 0 Å². The van der Waals surface area contributed by atoms with Crippen LogP contribution in [-0.4, -0.2) is 22.6 Å². The van der Waals surface area contributed by atoms with Crippen molar-refractivity contribution in [1.29, 1.82) is 0 Å². The number of Topliss-reactive ketones (excluding diaryl/α,β-unsaturated/α-hetero) is 2. The van der Waals surface area contributed by atoms with Crippen LogP contribution in [0, 0.1) is 0 Å². The van der Waals surface area contributed by atoms with Crippen LogP contribution in [0.3, 0.4) is 0 Å². The fourth-order valence-corrected chi connectivity index (χ4v) is 2.61. The van der Waals surface area contributed by atoms with Gasteiger partial charge in [-0.3, -0.25) is 14.6 Å². The summed E-state index contributed by atoms with van der Waals surface area (Å²) in [4.78, 5) is 28.3. The molecule has 4 heteroatoms. The third kappa shape index (κ3) is 3.17. The van der Waals surface area contributed by atoms with Gasteiger partial charge in [-0.05, 0) is 34.9 Å². The number of ketones is 2. The minimum atomic E-state index is -0.867. The number of rotatable bonds is 5. The summed E-state index contributed by atoms with van der Waals surface area (Å²) in [5, 5.41) is 2.13. The third-order valence-electron chi connectivity index (χ3n) is 3.80. The van der Waals surface area contributed by atoms with E-state index in [1.807, 2.05) is 42.5 Å². The smallest absolute Gasteiger partial charge is 0.231 e. The highest BCUT2D eigenvalue weighted by Crippen LogP contribution is 2.19. The van der Waals surface area contributed by atoms with Crippen molar-refractivity contribution < 1.29 is 9.59 Å². The van der Waals surface area contributed by atoms with Crippen LogP contribution < -0.4 is 5.73 Å². The van der Waals surface area contributed by atoms with Gasteiger partial charge >= 0.3 is 0 Å². The predicted octanol–water partition coefficient (Wildman–Crippen LogP) is 2.56. The van der Waals surface area contributed by atoms with Gasteiger partial charge in [0.15, 0.2) is 0 Å². The normalized spacial score (nSPS) is 12.0. The Hall–Kier alpha value is -2.85. The van der Waals surface area contributed by atoms with Crippen LogP contribution in [0.15, 0.2) is 67.0 Å². The molecule has 114 valence electrons. The first kappa shape index (κ1) is 15.1. The number of nitrogens with zero attached hydrogens (tertiary/aromatic N) is 1. The number of fused-ring (bicyclic) bond motifs is 1. The van der Waals surface area contributed by atoms with Crippen molar-refractivity contribution in [2.75, 3.05) is 0 Å². The maximum Gasteiger partial charge on any atom is 0.231 e. The quantitative estimate of drug-likeness (QED) is 0.581. The Labute approximate surface area is 134 Å². The van der Waals surface area contributed by atoms with Gasteiger partial charge in [0.1, 0.15) is 0 Å². The summed E-state index contributed by atoms with van der Waals surface area (Å²) in [6.45, 7) is 0. The number of nitrogens with two attached hydrogens (primary N) is 1. The standard InChI is InChI=1S/C19H16N2O2/c20-17(19(23)18(22)15-8-4-10-21-12-15)11-14-7-3-6-13-5-1-2-9-16(13)14/h1-10,12,17H,11,20H2/t17-/m0/s1.